The summed E-state index contributed by atoms with van der Waals surface area (Å²) < 4.78 is 0. The van der Waals surface area contributed by atoms with Crippen LogP contribution in [0.5, 0.6) is 0 Å². The summed E-state index contributed by atoms with van der Waals surface area (Å²) in [6.07, 6.45) is 4.73. The molecule has 2 atom stereocenters. The molecule has 2 unspecified atom stereocenters. The fourth-order valence-corrected chi connectivity index (χ4v) is 6.53. The van der Waals surface area contributed by atoms with E-state index >= 15 is 0 Å². The Labute approximate surface area is 136 Å². The van der Waals surface area contributed by atoms with Crippen LogP contribution in [0.4, 0.5) is 0 Å². The number of aryl methyl sites for hydroxylation is 1. The second kappa shape index (κ2) is 8.96. The van der Waals surface area contributed by atoms with Gasteiger partial charge in [-0.1, -0.05) is 77.6 Å². The summed E-state index contributed by atoms with van der Waals surface area (Å²) in [5, 5.41) is 0.457. The molecule has 0 saturated heterocycles. The van der Waals surface area contributed by atoms with Gasteiger partial charge in [-0.2, -0.15) is 0 Å². The molecule has 1 aromatic carbocycles. The molecule has 0 amide bonds. The van der Waals surface area contributed by atoms with E-state index in [2.05, 4.69) is 51.7 Å². The number of benzene rings is 1. The largest absolute Gasteiger partial charge is 0.288 e. The molecule has 118 valence electrons. The predicted molar refractivity (Wildman–Crippen MR) is 98.7 cm³/mol. The molecule has 0 heterocycles. The lowest BCUT2D eigenvalue weighted by Crippen LogP contribution is -2.20. The van der Waals surface area contributed by atoms with Crippen LogP contribution in [-0.4, -0.2) is 17.3 Å². The van der Waals surface area contributed by atoms with Crippen LogP contribution in [0, 0.1) is 0 Å². The van der Waals surface area contributed by atoms with E-state index in [0.29, 0.717) is 0 Å². The standard InChI is InChI=1S/C18H29OPS/c1-6-8-16-9-11-17(12-10-16)18(4,13-7-2)20(5)14-21-15(3)19/h9-12H,6-8,13-14H2,1-5H3. The van der Waals surface area contributed by atoms with Crippen LogP contribution >= 0.6 is 19.7 Å². The van der Waals surface area contributed by atoms with Gasteiger partial charge in [0.25, 0.3) is 0 Å². The minimum atomic E-state index is -0.216. The van der Waals surface area contributed by atoms with E-state index in [-0.39, 0.29) is 18.2 Å². The molecule has 1 rings (SSSR count). The van der Waals surface area contributed by atoms with E-state index in [1.165, 1.54) is 42.2 Å². The molecule has 0 aliphatic rings. The van der Waals surface area contributed by atoms with Crippen molar-refractivity contribution in [2.75, 3.05) is 12.2 Å². The summed E-state index contributed by atoms with van der Waals surface area (Å²) in [5.74, 6) is 0. The van der Waals surface area contributed by atoms with Gasteiger partial charge in [0.05, 0.1) is 0 Å². The van der Waals surface area contributed by atoms with Gasteiger partial charge in [-0.05, 0) is 30.6 Å². The lowest BCUT2D eigenvalue weighted by molar-refractivity contribution is -0.109. The first-order chi connectivity index (χ1) is 9.93. The van der Waals surface area contributed by atoms with Gasteiger partial charge in [0.1, 0.15) is 0 Å². The SMILES string of the molecule is CCCc1ccc(C(C)(CCC)P(C)CSC(C)=O)cc1. The van der Waals surface area contributed by atoms with Gasteiger partial charge in [-0.3, -0.25) is 4.79 Å². The summed E-state index contributed by atoms with van der Waals surface area (Å²) in [4.78, 5) is 11.3. The highest BCUT2D eigenvalue weighted by molar-refractivity contribution is 8.17. The molecule has 0 fully saturated rings. The molecule has 0 saturated carbocycles. The lowest BCUT2D eigenvalue weighted by atomic mass is 9.94. The molecule has 0 aromatic heterocycles. The fraction of sp³-hybridized carbons (Fsp3) is 0.611. The summed E-state index contributed by atoms with van der Waals surface area (Å²) in [6, 6.07) is 9.21. The van der Waals surface area contributed by atoms with Crippen molar-refractivity contribution in [3.05, 3.63) is 35.4 Å². The van der Waals surface area contributed by atoms with Crippen molar-refractivity contribution in [1.82, 2.24) is 0 Å². The van der Waals surface area contributed by atoms with Gasteiger partial charge >= 0.3 is 0 Å². The van der Waals surface area contributed by atoms with Crippen molar-refractivity contribution in [1.29, 1.82) is 0 Å². The second-order valence-electron chi connectivity index (χ2n) is 5.93. The van der Waals surface area contributed by atoms with E-state index < -0.39 is 0 Å². The molecular weight excluding hydrogens is 295 g/mol. The Balaban J connectivity index is 2.94. The fourth-order valence-electron chi connectivity index (χ4n) is 2.69. The quantitative estimate of drug-likeness (QED) is 0.545. The zero-order chi connectivity index (χ0) is 15.9. The van der Waals surface area contributed by atoms with E-state index in [4.69, 9.17) is 0 Å². The normalized spacial score (nSPS) is 15.5. The van der Waals surface area contributed by atoms with Crippen LogP contribution in [-0.2, 0) is 16.4 Å². The first-order valence-electron chi connectivity index (χ1n) is 7.88. The molecule has 0 radical (unpaired) electrons. The summed E-state index contributed by atoms with van der Waals surface area (Å²) in [5.41, 5.74) is 3.85. The molecule has 0 spiro atoms. The molecule has 3 heteroatoms. The number of carbonyl (C=O) groups is 1. The maximum atomic E-state index is 11.3. The number of carbonyl (C=O) groups excluding carboxylic acids is 1. The predicted octanol–water partition coefficient (Wildman–Crippen LogP) is 6.00. The monoisotopic (exact) mass is 324 g/mol. The number of thioether (sulfide) groups is 1. The number of hydrogen-bond acceptors (Lipinski definition) is 2. The molecule has 1 nitrogen and oxygen atoms in total. The molecule has 1 aromatic rings. The molecule has 0 N–H and O–H groups in total. The zero-order valence-corrected chi connectivity index (χ0v) is 15.8. The van der Waals surface area contributed by atoms with Crippen LogP contribution in [0.25, 0.3) is 0 Å². The highest BCUT2D eigenvalue weighted by Crippen LogP contribution is 2.57. The minimum absolute atomic E-state index is 0.216. The Morgan fingerprint density at radius 1 is 1.19 bits per heavy atom. The van der Waals surface area contributed by atoms with Crippen LogP contribution in [0.1, 0.15) is 58.1 Å². The van der Waals surface area contributed by atoms with Crippen molar-refractivity contribution >= 4 is 24.8 Å². The van der Waals surface area contributed by atoms with Gasteiger partial charge in [0.15, 0.2) is 5.12 Å². The van der Waals surface area contributed by atoms with E-state index in [0.717, 1.165) is 11.9 Å². The summed E-state index contributed by atoms with van der Waals surface area (Å²) in [6.45, 7) is 10.9. The van der Waals surface area contributed by atoms with Gasteiger partial charge in [0, 0.05) is 17.6 Å². The second-order valence-corrected chi connectivity index (χ2v) is 10.2. The third kappa shape index (κ3) is 5.42. The molecule has 0 bridgehead atoms. The summed E-state index contributed by atoms with van der Waals surface area (Å²) in [7, 11) is -0.216. The van der Waals surface area contributed by atoms with E-state index in [9.17, 15) is 4.79 Å². The Hall–Kier alpha value is -0.330. The van der Waals surface area contributed by atoms with Crippen LogP contribution in [0.3, 0.4) is 0 Å². The number of hydrogen-bond donors (Lipinski definition) is 0. The first-order valence-corrected chi connectivity index (χ1v) is 10.8. The van der Waals surface area contributed by atoms with Gasteiger partial charge in [-0.25, -0.2) is 0 Å². The number of rotatable bonds is 8. The topological polar surface area (TPSA) is 17.1 Å². The Morgan fingerprint density at radius 2 is 1.81 bits per heavy atom. The van der Waals surface area contributed by atoms with E-state index in [1.54, 1.807) is 6.92 Å². The first kappa shape index (κ1) is 18.7. The third-order valence-corrected chi connectivity index (χ3v) is 8.79. The Bertz CT molecular complexity index is 443. The molecule has 0 aliphatic heterocycles. The zero-order valence-electron chi connectivity index (χ0n) is 14.1. The lowest BCUT2D eigenvalue weighted by Gasteiger charge is -2.36. The smallest absolute Gasteiger partial charge is 0.186 e. The molecule has 21 heavy (non-hydrogen) atoms. The van der Waals surface area contributed by atoms with Crippen molar-refractivity contribution in [3.63, 3.8) is 0 Å². The average Bonchev–Trinajstić information content (AvgIpc) is 2.46. The highest BCUT2D eigenvalue weighted by atomic mass is 32.2. The van der Waals surface area contributed by atoms with Crippen LogP contribution < -0.4 is 0 Å². The Kier molecular flexibility index (Phi) is 7.98. The van der Waals surface area contributed by atoms with Crippen LogP contribution in [0.15, 0.2) is 24.3 Å². The van der Waals surface area contributed by atoms with Crippen LogP contribution in [0.2, 0.25) is 0 Å². The van der Waals surface area contributed by atoms with Crippen molar-refractivity contribution in [3.8, 4) is 0 Å². The molecule has 0 aliphatic carbocycles. The van der Waals surface area contributed by atoms with Crippen molar-refractivity contribution in [2.45, 2.75) is 58.5 Å². The van der Waals surface area contributed by atoms with Crippen molar-refractivity contribution in [2.24, 2.45) is 0 Å². The van der Waals surface area contributed by atoms with Gasteiger partial charge in [0.2, 0.25) is 0 Å². The average molecular weight is 324 g/mol. The maximum absolute atomic E-state index is 11.3. The van der Waals surface area contributed by atoms with Crippen molar-refractivity contribution < 1.29 is 4.79 Å². The van der Waals surface area contributed by atoms with E-state index in [1.807, 2.05) is 0 Å². The highest BCUT2D eigenvalue weighted by Gasteiger charge is 2.32. The third-order valence-electron chi connectivity index (χ3n) is 4.16. The maximum Gasteiger partial charge on any atom is 0.186 e. The molecular formula is C18H29OPS. The Morgan fingerprint density at radius 3 is 2.29 bits per heavy atom. The van der Waals surface area contributed by atoms with Gasteiger partial charge < -0.3 is 0 Å². The van der Waals surface area contributed by atoms with Gasteiger partial charge in [-0.15, -0.1) is 0 Å². The summed E-state index contributed by atoms with van der Waals surface area (Å²) >= 11 is 1.49. The minimum Gasteiger partial charge on any atom is -0.288 e.